The SMILES string of the molecule is CC(C)c1cc2c(cc1C(=O)Cl)C1(C)CCCC(C)(C(=O)Oc3ccc(C(C)(C)c4ccc(OC(=O)C5(C)CCCC6(C)c7cc(C(=O)Cl)c(C(C)C)cc7CCC56)cc4)cc3)C1CC2. The van der Waals surface area contributed by atoms with Gasteiger partial charge in [-0.05, 0) is 204 Å². The van der Waals surface area contributed by atoms with Crippen molar-refractivity contribution in [1.29, 1.82) is 0 Å². The highest BCUT2D eigenvalue weighted by Crippen LogP contribution is 2.60. The highest BCUT2D eigenvalue weighted by Gasteiger charge is 2.57. The number of carbonyl (C=O) groups is 4. The van der Waals surface area contributed by atoms with Crippen LogP contribution in [0.4, 0.5) is 0 Å². The summed E-state index contributed by atoms with van der Waals surface area (Å²) in [6, 6.07) is 24.1. The van der Waals surface area contributed by atoms with Gasteiger partial charge in [0, 0.05) is 16.5 Å². The van der Waals surface area contributed by atoms with Gasteiger partial charge in [0.2, 0.25) is 0 Å². The van der Waals surface area contributed by atoms with Crippen LogP contribution >= 0.6 is 23.2 Å². The van der Waals surface area contributed by atoms with E-state index in [4.69, 9.17) is 32.7 Å². The number of hydrogen-bond acceptors (Lipinski definition) is 6. The van der Waals surface area contributed by atoms with Crippen LogP contribution in [0.1, 0.15) is 198 Å². The van der Waals surface area contributed by atoms with E-state index >= 15 is 0 Å². The summed E-state index contributed by atoms with van der Waals surface area (Å²) in [5, 5.41) is -0.866. The molecule has 4 aliphatic rings. The monoisotopic (exact) mass is 916 g/mol. The molecule has 8 heteroatoms. The first-order valence-electron chi connectivity index (χ1n) is 23.9. The van der Waals surface area contributed by atoms with Gasteiger partial charge in [-0.3, -0.25) is 19.2 Å². The van der Waals surface area contributed by atoms with Crippen LogP contribution in [0.2, 0.25) is 0 Å². The molecule has 0 saturated heterocycles. The minimum absolute atomic E-state index is 0.0546. The number of benzene rings is 4. The molecule has 0 aliphatic heterocycles. The zero-order valence-corrected chi connectivity index (χ0v) is 41.5. The van der Waals surface area contributed by atoms with E-state index < -0.39 is 26.7 Å². The van der Waals surface area contributed by atoms with E-state index in [-0.39, 0.29) is 46.4 Å². The van der Waals surface area contributed by atoms with Crippen molar-refractivity contribution < 1.29 is 28.7 Å². The van der Waals surface area contributed by atoms with Crippen LogP contribution < -0.4 is 9.47 Å². The van der Waals surface area contributed by atoms with E-state index in [1.165, 1.54) is 11.1 Å². The predicted molar refractivity (Wildman–Crippen MR) is 260 cm³/mol. The normalized spacial score (nSPS) is 27.2. The number of esters is 2. The third kappa shape index (κ3) is 8.00. The molecule has 0 amide bonds. The second kappa shape index (κ2) is 17.1. The van der Waals surface area contributed by atoms with Crippen LogP contribution in [0.3, 0.4) is 0 Å². The van der Waals surface area contributed by atoms with Gasteiger partial charge in [0.25, 0.3) is 10.5 Å². The highest BCUT2D eigenvalue weighted by molar-refractivity contribution is 6.68. The van der Waals surface area contributed by atoms with Gasteiger partial charge in [-0.2, -0.15) is 0 Å². The third-order valence-corrected chi connectivity index (χ3v) is 17.6. The van der Waals surface area contributed by atoms with E-state index in [1.54, 1.807) is 0 Å². The molecule has 0 heterocycles. The summed E-state index contributed by atoms with van der Waals surface area (Å²) in [4.78, 5) is 53.8. The molecule has 8 rings (SSSR count). The summed E-state index contributed by atoms with van der Waals surface area (Å²) in [6.45, 7) is 21.3. The predicted octanol–water partition coefficient (Wildman–Crippen LogP) is 14.2. The maximum atomic E-state index is 14.3. The average molecular weight is 918 g/mol. The van der Waals surface area contributed by atoms with Crippen LogP contribution in [0, 0.1) is 22.7 Å². The minimum Gasteiger partial charge on any atom is -0.426 e. The number of halogens is 2. The molecule has 6 atom stereocenters. The Morgan fingerprint density at radius 1 is 0.569 bits per heavy atom. The van der Waals surface area contributed by atoms with Crippen LogP contribution in [-0.2, 0) is 38.7 Å². The second-order valence-corrected chi connectivity index (χ2v) is 22.7. The zero-order chi connectivity index (χ0) is 47.0. The van der Waals surface area contributed by atoms with Gasteiger partial charge in [-0.25, -0.2) is 0 Å². The third-order valence-electron chi connectivity index (χ3n) is 17.2. The molecule has 6 unspecified atom stereocenters. The van der Waals surface area contributed by atoms with Crippen molar-refractivity contribution in [1.82, 2.24) is 0 Å². The van der Waals surface area contributed by atoms with Gasteiger partial charge < -0.3 is 9.47 Å². The molecule has 344 valence electrons. The first-order chi connectivity index (χ1) is 30.5. The molecule has 0 aromatic heterocycles. The molecule has 0 radical (unpaired) electrons. The maximum absolute atomic E-state index is 14.3. The Bertz CT molecular complexity index is 2380. The maximum Gasteiger partial charge on any atom is 0.317 e. The lowest BCUT2D eigenvalue weighted by Gasteiger charge is -2.54. The van der Waals surface area contributed by atoms with Crippen LogP contribution in [0.15, 0.2) is 72.8 Å². The zero-order valence-electron chi connectivity index (χ0n) is 40.0. The molecule has 4 aromatic rings. The second-order valence-electron chi connectivity index (χ2n) is 22.1. The number of hydrogen-bond donors (Lipinski definition) is 0. The molecule has 2 fully saturated rings. The first-order valence-corrected chi connectivity index (χ1v) is 24.7. The standard InChI is InChI=1S/C57H66Cl2O6/c1-33(2)41-29-35-13-23-47-54(7,45(35)31-43(41)49(58)60)25-11-27-56(47,9)51(62)64-39-19-15-37(16-20-39)53(5,6)38-17-21-40(22-18-38)65-52(63)57(10)28-12-26-55(8)46-32-44(50(59)61)42(34(3)4)30-36(46)14-24-48(55)57/h15-22,29-34,47-48H,11-14,23-28H2,1-10H3. The molecule has 0 spiro atoms. The fourth-order valence-electron chi connectivity index (χ4n) is 13.3. The molecule has 6 nitrogen and oxygen atoms in total. The van der Waals surface area contributed by atoms with E-state index in [9.17, 15) is 19.2 Å². The van der Waals surface area contributed by atoms with E-state index in [0.717, 1.165) is 97.6 Å². The molecule has 4 aromatic carbocycles. The highest BCUT2D eigenvalue weighted by atomic mass is 35.5. The molecular weight excluding hydrogens is 852 g/mol. The van der Waals surface area contributed by atoms with Crippen LogP contribution in [0.25, 0.3) is 0 Å². The number of carbonyl (C=O) groups excluding carboxylic acids is 4. The molecule has 4 aliphatic carbocycles. The van der Waals surface area contributed by atoms with Crippen molar-refractivity contribution in [3.63, 3.8) is 0 Å². The largest absolute Gasteiger partial charge is 0.426 e. The Kier molecular flexibility index (Phi) is 12.4. The number of fused-ring (bicyclic) bond motifs is 6. The van der Waals surface area contributed by atoms with Crippen molar-refractivity contribution in [2.45, 2.75) is 162 Å². The smallest absolute Gasteiger partial charge is 0.317 e. The Labute approximate surface area is 396 Å². The number of rotatable bonds is 10. The quantitative estimate of drug-likeness (QED) is 0.0895. The molecular formula is C57H66Cl2O6. The van der Waals surface area contributed by atoms with E-state index in [1.807, 2.05) is 60.7 Å². The van der Waals surface area contributed by atoms with Crippen molar-refractivity contribution in [2.24, 2.45) is 22.7 Å². The van der Waals surface area contributed by atoms with Crippen molar-refractivity contribution in [2.75, 3.05) is 0 Å². The lowest BCUT2D eigenvalue weighted by molar-refractivity contribution is -0.155. The van der Waals surface area contributed by atoms with Gasteiger partial charge in [-0.1, -0.05) is 105 Å². The molecule has 2 saturated carbocycles. The summed E-state index contributed by atoms with van der Waals surface area (Å²) >= 11 is 12.3. The summed E-state index contributed by atoms with van der Waals surface area (Å²) in [7, 11) is 0. The average Bonchev–Trinajstić information content (AvgIpc) is 3.25. The van der Waals surface area contributed by atoms with Gasteiger partial charge >= 0.3 is 11.9 Å². The van der Waals surface area contributed by atoms with Gasteiger partial charge in [0.05, 0.1) is 10.8 Å². The molecule has 65 heavy (non-hydrogen) atoms. The summed E-state index contributed by atoms with van der Waals surface area (Å²) in [5.41, 5.74) is 7.69. The summed E-state index contributed by atoms with van der Waals surface area (Å²) < 4.78 is 12.5. The van der Waals surface area contributed by atoms with Crippen LogP contribution in [-0.4, -0.2) is 22.4 Å². The summed E-state index contributed by atoms with van der Waals surface area (Å²) in [6.07, 6.45) is 8.57. The Balaban J connectivity index is 0.949. The topological polar surface area (TPSA) is 86.7 Å². The molecule has 0 bridgehead atoms. The Morgan fingerprint density at radius 2 is 0.923 bits per heavy atom. The van der Waals surface area contributed by atoms with Crippen molar-refractivity contribution in [3.8, 4) is 11.5 Å². The van der Waals surface area contributed by atoms with Crippen molar-refractivity contribution >= 4 is 45.6 Å². The molecule has 0 N–H and O–H groups in total. The van der Waals surface area contributed by atoms with Gasteiger partial charge in [0.1, 0.15) is 11.5 Å². The van der Waals surface area contributed by atoms with E-state index in [2.05, 4.69) is 81.4 Å². The summed E-state index contributed by atoms with van der Waals surface area (Å²) in [5.74, 6) is 1.07. The fourth-order valence-corrected chi connectivity index (χ4v) is 13.7. The number of ether oxygens (including phenoxy) is 2. The van der Waals surface area contributed by atoms with Gasteiger partial charge in [0.15, 0.2) is 0 Å². The van der Waals surface area contributed by atoms with Crippen LogP contribution in [0.5, 0.6) is 11.5 Å². The number of aryl methyl sites for hydroxylation is 2. The first kappa shape index (κ1) is 47.2. The van der Waals surface area contributed by atoms with E-state index in [0.29, 0.717) is 22.6 Å². The van der Waals surface area contributed by atoms with Crippen molar-refractivity contribution in [3.05, 3.63) is 128 Å². The lowest BCUT2D eigenvalue weighted by atomic mass is 9.49. The Hall–Kier alpha value is -4.26. The minimum atomic E-state index is -0.695. The fraction of sp³-hybridized carbons (Fsp3) is 0.509. The van der Waals surface area contributed by atoms with Gasteiger partial charge in [-0.15, -0.1) is 0 Å². The Morgan fingerprint density at radius 3 is 1.25 bits per heavy atom. The lowest BCUT2D eigenvalue weighted by Crippen LogP contribution is -2.53.